The largest absolute Gasteiger partial charge is 0.341 e. The summed E-state index contributed by atoms with van der Waals surface area (Å²) in [6.45, 7) is 0.899. The van der Waals surface area contributed by atoms with Gasteiger partial charge in [-0.15, -0.1) is 0 Å². The van der Waals surface area contributed by atoms with Gasteiger partial charge in [-0.2, -0.15) is 0 Å². The lowest BCUT2D eigenvalue weighted by atomic mass is 10.1. The van der Waals surface area contributed by atoms with Crippen molar-refractivity contribution in [2.45, 2.75) is 6.42 Å². The molecule has 3 rings (SSSR count). The predicted octanol–water partition coefficient (Wildman–Crippen LogP) is 3.13. The van der Waals surface area contributed by atoms with Crippen molar-refractivity contribution >= 4 is 64.1 Å². The number of carbonyl (C=O) groups is 3. The van der Waals surface area contributed by atoms with Crippen LogP contribution in [0.5, 0.6) is 0 Å². The maximum atomic E-state index is 12.4. The van der Waals surface area contributed by atoms with Gasteiger partial charge in [0.05, 0.1) is 31.2 Å². The van der Waals surface area contributed by atoms with E-state index in [1.54, 1.807) is 4.90 Å². The summed E-state index contributed by atoms with van der Waals surface area (Å²) in [5.74, 6) is -1.69. The highest BCUT2D eigenvalue weighted by molar-refractivity contribution is 6.55. The molecule has 2 aliphatic rings. The van der Waals surface area contributed by atoms with Crippen LogP contribution in [0, 0.1) is 0 Å². The maximum absolute atomic E-state index is 12.4. The van der Waals surface area contributed by atoms with Crippen LogP contribution in [0.1, 0.15) is 27.1 Å². The molecule has 116 valence electrons. The summed E-state index contributed by atoms with van der Waals surface area (Å²) >= 11 is 23.8. The van der Waals surface area contributed by atoms with Crippen molar-refractivity contribution in [3.05, 3.63) is 31.2 Å². The topological polar surface area (TPSA) is 57.7 Å². The Kier molecular flexibility index (Phi) is 4.01. The van der Waals surface area contributed by atoms with Crippen LogP contribution in [0.2, 0.25) is 20.1 Å². The Labute approximate surface area is 145 Å². The van der Waals surface area contributed by atoms with Gasteiger partial charge in [-0.1, -0.05) is 46.4 Å². The van der Waals surface area contributed by atoms with Crippen LogP contribution < -0.4 is 0 Å². The van der Waals surface area contributed by atoms with Crippen molar-refractivity contribution < 1.29 is 14.4 Å². The van der Waals surface area contributed by atoms with E-state index in [1.807, 2.05) is 0 Å². The average molecular weight is 382 g/mol. The van der Waals surface area contributed by atoms with Gasteiger partial charge >= 0.3 is 0 Å². The minimum Gasteiger partial charge on any atom is -0.341 e. The van der Waals surface area contributed by atoms with Crippen molar-refractivity contribution in [3.8, 4) is 0 Å². The molecule has 0 unspecified atom stereocenters. The molecule has 3 amide bonds. The number of carbonyl (C=O) groups excluding carboxylic acids is 3. The fraction of sp³-hybridized carbons (Fsp3) is 0.308. The molecular weight excluding hydrogens is 374 g/mol. The molecule has 0 aliphatic carbocycles. The van der Waals surface area contributed by atoms with Gasteiger partial charge in [-0.25, -0.2) is 0 Å². The quantitative estimate of drug-likeness (QED) is 0.449. The number of likely N-dealkylation sites (tertiary alicyclic amines) is 1. The van der Waals surface area contributed by atoms with Gasteiger partial charge in [0.15, 0.2) is 0 Å². The van der Waals surface area contributed by atoms with Crippen LogP contribution >= 0.6 is 46.4 Å². The summed E-state index contributed by atoms with van der Waals surface area (Å²) in [7, 11) is 0. The van der Waals surface area contributed by atoms with Gasteiger partial charge in [-0.3, -0.25) is 19.3 Å². The molecular formula is C13H8Cl4N2O3. The Hall–Kier alpha value is -1.01. The molecule has 0 radical (unpaired) electrons. The second-order valence-electron chi connectivity index (χ2n) is 4.94. The van der Waals surface area contributed by atoms with Crippen molar-refractivity contribution in [1.82, 2.24) is 9.80 Å². The third kappa shape index (κ3) is 2.19. The minimum absolute atomic E-state index is 0.0934. The SMILES string of the molecule is O=C(CN1C(=O)c2c(Cl)c(Cl)c(Cl)c(Cl)c2C1=O)N1CCC1. The molecule has 0 spiro atoms. The van der Waals surface area contributed by atoms with E-state index < -0.39 is 11.8 Å². The average Bonchev–Trinajstić information content (AvgIpc) is 2.65. The lowest BCUT2D eigenvalue weighted by molar-refractivity contribution is -0.134. The molecule has 22 heavy (non-hydrogen) atoms. The number of nitrogens with zero attached hydrogens (tertiary/aromatic N) is 2. The lowest BCUT2D eigenvalue weighted by Gasteiger charge is -2.31. The molecule has 9 heteroatoms. The molecule has 1 aromatic rings. The predicted molar refractivity (Wildman–Crippen MR) is 83.0 cm³/mol. The number of halogens is 4. The zero-order chi connectivity index (χ0) is 16.2. The van der Waals surface area contributed by atoms with Crippen LogP contribution in [-0.4, -0.2) is 47.2 Å². The Morgan fingerprint density at radius 3 is 1.68 bits per heavy atom. The summed E-state index contributed by atoms with van der Waals surface area (Å²) in [6, 6.07) is 0. The number of fused-ring (bicyclic) bond motifs is 1. The Balaban J connectivity index is 2.00. The van der Waals surface area contributed by atoms with E-state index in [0.717, 1.165) is 11.3 Å². The van der Waals surface area contributed by atoms with Gasteiger partial charge in [0.1, 0.15) is 6.54 Å². The molecule has 0 N–H and O–H groups in total. The van der Waals surface area contributed by atoms with E-state index >= 15 is 0 Å². The highest BCUT2D eigenvalue weighted by Gasteiger charge is 2.42. The Bertz CT molecular complexity index is 684. The van der Waals surface area contributed by atoms with Gasteiger partial charge < -0.3 is 4.90 Å². The molecule has 0 aromatic heterocycles. The monoisotopic (exact) mass is 380 g/mol. The summed E-state index contributed by atoms with van der Waals surface area (Å²) in [4.78, 5) is 39.2. The minimum atomic E-state index is -0.695. The summed E-state index contributed by atoms with van der Waals surface area (Å²) in [5, 5.41) is -0.458. The number of rotatable bonds is 2. The first-order valence-electron chi connectivity index (χ1n) is 6.34. The van der Waals surface area contributed by atoms with Crippen molar-refractivity contribution in [3.63, 3.8) is 0 Å². The van der Waals surface area contributed by atoms with E-state index in [-0.39, 0.29) is 43.7 Å². The third-order valence-electron chi connectivity index (χ3n) is 3.69. The zero-order valence-electron chi connectivity index (χ0n) is 11.0. The second-order valence-corrected chi connectivity index (χ2v) is 6.45. The smallest absolute Gasteiger partial charge is 0.263 e. The van der Waals surface area contributed by atoms with E-state index in [1.165, 1.54) is 0 Å². The third-order valence-corrected chi connectivity index (χ3v) is 5.49. The number of benzene rings is 1. The van der Waals surface area contributed by atoms with Crippen LogP contribution in [-0.2, 0) is 4.79 Å². The first kappa shape index (κ1) is 15.9. The van der Waals surface area contributed by atoms with Gasteiger partial charge in [0.2, 0.25) is 5.91 Å². The Morgan fingerprint density at radius 2 is 1.32 bits per heavy atom. The normalized spacial score (nSPS) is 16.9. The molecule has 1 fully saturated rings. The summed E-state index contributed by atoms with van der Waals surface area (Å²) in [5.41, 5.74) is -0.218. The van der Waals surface area contributed by atoms with Crippen molar-refractivity contribution in [1.29, 1.82) is 0 Å². The molecule has 2 aliphatic heterocycles. The van der Waals surface area contributed by atoms with Gasteiger partial charge in [-0.05, 0) is 6.42 Å². The van der Waals surface area contributed by atoms with Gasteiger partial charge in [0.25, 0.3) is 11.8 Å². The molecule has 0 bridgehead atoms. The lowest BCUT2D eigenvalue weighted by Crippen LogP contribution is -2.48. The molecule has 1 aromatic carbocycles. The molecule has 5 nitrogen and oxygen atoms in total. The summed E-state index contributed by atoms with van der Waals surface area (Å²) in [6.07, 6.45) is 0.913. The molecule has 1 saturated heterocycles. The fourth-order valence-electron chi connectivity index (χ4n) is 2.34. The number of amides is 3. The fourth-order valence-corrected chi connectivity index (χ4v) is 3.35. The van der Waals surface area contributed by atoms with E-state index in [0.29, 0.717) is 13.1 Å². The Morgan fingerprint density at radius 1 is 0.864 bits per heavy atom. The number of imide groups is 1. The molecule has 2 heterocycles. The zero-order valence-corrected chi connectivity index (χ0v) is 14.0. The second kappa shape index (κ2) is 5.57. The first-order chi connectivity index (χ1) is 10.3. The molecule has 0 saturated carbocycles. The van der Waals surface area contributed by atoms with Gasteiger partial charge in [0, 0.05) is 13.1 Å². The van der Waals surface area contributed by atoms with Crippen LogP contribution in [0.3, 0.4) is 0 Å². The van der Waals surface area contributed by atoms with Crippen molar-refractivity contribution in [2.24, 2.45) is 0 Å². The van der Waals surface area contributed by atoms with Crippen molar-refractivity contribution in [2.75, 3.05) is 19.6 Å². The first-order valence-corrected chi connectivity index (χ1v) is 7.85. The van der Waals surface area contributed by atoms with E-state index in [9.17, 15) is 14.4 Å². The number of hydrogen-bond donors (Lipinski definition) is 0. The van der Waals surface area contributed by atoms with Crippen LogP contribution in [0.25, 0.3) is 0 Å². The highest BCUT2D eigenvalue weighted by Crippen LogP contribution is 2.44. The standard InChI is InChI=1S/C13H8Cl4N2O3/c14-8-6-7(9(15)11(17)10(8)16)13(22)19(12(6)21)4-5(20)18-2-1-3-18/h1-4H2. The molecule has 0 atom stereocenters. The maximum Gasteiger partial charge on any atom is 0.263 e. The van der Waals surface area contributed by atoms with E-state index in [4.69, 9.17) is 46.4 Å². The van der Waals surface area contributed by atoms with E-state index in [2.05, 4.69) is 0 Å². The highest BCUT2D eigenvalue weighted by atomic mass is 35.5. The number of hydrogen-bond acceptors (Lipinski definition) is 3. The van der Waals surface area contributed by atoms with Crippen LogP contribution in [0.4, 0.5) is 0 Å². The van der Waals surface area contributed by atoms with Crippen LogP contribution in [0.15, 0.2) is 0 Å². The summed E-state index contributed by atoms with van der Waals surface area (Å²) < 4.78 is 0.